The Hall–Kier alpha value is -2.63. The monoisotopic (exact) mass is 276 g/mol. The van der Waals surface area contributed by atoms with E-state index in [4.69, 9.17) is 0 Å². The average molecular weight is 276 g/mol. The molecule has 0 unspecified atom stereocenters. The van der Waals surface area contributed by atoms with Crippen LogP contribution in [0.5, 0.6) is 5.75 Å². The summed E-state index contributed by atoms with van der Waals surface area (Å²) in [5, 5.41) is 23.4. The van der Waals surface area contributed by atoms with Crippen LogP contribution < -0.4 is 5.32 Å². The number of anilines is 1. The first-order valence-corrected chi connectivity index (χ1v) is 5.93. The minimum Gasteiger partial charge on any atom is -0.508 e. The van der Waals surface area contributed by atoms with E-state index in [2.05, 4.69) is 5.32 Å². The summed E-state index contributed by atoms with van der Waals surface area (Å²) in [5.41, 5.74) is 1.38. The van der Waals surface area contributed by atoms with Crippen molar-refractivity contribution in [2.45, 2.75) is 13.5 Å². The van der Waals surface area contributed by atoms with Gasteiger partial charge in [0, 0.05) is 18.2 Å². The molecule has 0 radical (unpaired) electrons. The summed E-state index contributed by atoms with van der Waals surface area (Å²) >= 11 is 0. The van der Waals surface area contributed by atoms with Crippen LogP contribution in [0.4, 0.5) is 15.8 Å². The van der Waals surface area contributed by atoms with Crippen molar-refractivity contribution < 1.29 is 14.4 Å². The molecule has 2 aromatic carbocycles. The highest BCUT2D eigenvalue weighted by Crippen LogP contribution is 2.27. The van der Waals surface area contributed by atoms with Crippen molar-refractivity contribution in [3.8, 4) is 5.75 Å². The summed E-state index contributed by atoms with van der Waals surface area (Å²) in [6.45, 7) is 1.85. The molecule has 0 aliphatic carbocycles. The molecule has 2 aromatic rings. The zero-order chi connectivity index (χ0) is 14.7. The van der Waals surface area contributed by atoms with Gasteiger partial charge in [0.15, 0.2) is 0 Å². The Balaban J connectivity index is 2.23. The Labute approximate surface area is 114 Å². The van der Waals surface area contributed by atoms with Gasteiger partial charge in [0.1, 0.15) is 17.3 Å². The van der Waals surface area contributed by atoms with E-state index in [1.165, 1.54) is 18.2 Å². The molecule has 0 fully saturated rings. The topological polar surface area (TPSA) is 75.4 Å². The first kappa shape index (κ1) is 13.8. The van der Waals surface area contributed by atoms with E-state index in [0.29, 0.717) is 11.3 Å². The molecule has 20 heavy (non-hydrogen) atoms. The van der Waals surface area contributed by atoms with Gasteiger partial charge in [0.25, 0.3) is 5.69 Å². The fraction of sp³-hybridized carbons (Fsp3) is 0.143. The van der Waals surface area contributed by atoms with Crippen molar-refractivity contribution in [2.24, 2.45) is 0 Å². The van der Waals surface area contributed by atoms with E-state index >= 15 is 0 Å². The predicted octanol–water partition coefficient (Wildman–Crippen LogP) is 3.36. The number of hydrogen-bond donors (Lipinski definition) is 2. The predicted molar refractivity (Wildman–Crippen MR) is 73.2 cm³/mol. The maximum atomic E-state index is 13.1. The zero-order valence-electron chi connectivity index (χ0n) is 10.8. The van der Waals surface area contributed by atoms with E-state index in [-0.39, 0.29) is 18.0 Å². The smallest absolute Gasteiger partial charge is 0.292 e. The zero-order valence-corrected chi connectivity index (χ0v) is 10.8. The molecular formula is C14H13FN2O3. The van der Waals surface area contributed by atoms with Gasteiger partial charge in [-0.05, 0) is 36.8 Å². The van der Waals surface area contributed by atoms with Crippen molar-refractivity contribution in [3.05, 3.63) is 63.5 Å². The van der Waals surface area contributed by atoms with Crippen LogP contribution in [0, 0.1) is 22.9 Å². The molecule has 0 aliphatic heterocycles. The Morgan fingerprint density at radius 2 is 2.05 bits per heavy atom. The van der Waals surface area contributed by atoms with Gasteiger partial charge in [0.2, 0.25) is 0 Å². The molecule has 0 aliphatic rings. The summed E-state index contributed by atoms with van der Waals surface area (Å²) in [5.74, 6) is -0.535. The lowest BCUT2D eigenvalue weighted by Gasteiger charge is -2.09. The van der Waals surface area contributed by atoms with Crippen LogP contribution in [-0.2, 0) is 6.54 Å². The van der Waals surface area contributed by atoms with Gasteiger partial charge in [-0.15, -0.1) is 0 Å². The van der Waals surface area contributed by atoms with Crippen molar-refractivity contribution in [3.63, 3.8) is 0 Å². The molecule has 0 aromatic heterocycles. The van der Waals surface area contributed by atoms with Crippen LogP contribution >= 0.6 is 0 Å². The molecule has 0 saturated carbocycles. The number of nitrogens with one attached hydrogen (secondary N) is 1. The summed E-state index contributed by atoms with van der Waals surface area (Å²) in [4.78, 5) is 10.5. The number of aryl methyl sites for hydroxylation is 1. The molecule has 0 spiro atoms. The van der Waals surface area contributed by atoms with E-state index < -0.39 is 10.7 Å². The van der Waals surface area contributed by atoms with Crippen molar-refractivity contribution >= 4 is 11.4 Å². The molecule has 0 bridgehead atoms. The minimum absolute atomic E-state index is 0.0547. The quantitative estimate of drug-likeness (QED) is 0.663. The second-order valence-electron chi connectivity index (χ2n) is 4.40. The van der Waals surface area contributed by atoms with E-state index in [1.807, 2.05) is 0 Å². The van der Waals surface area contributed by atoms with Crippen LogP contribution in [0.3, 0.4) is 0 Å². The largest absolute Gasteiger partial charge is 0.508 e. The average Bonchev–Trinajstić information content (AvgIpc) is 2.40. The van der Waals surface area contributed by atoms with E-state index in [0.717, 1.165) is 11.6 Å². The maximum Gasteiger partial charge on any atom is 0.292 e. The molecular weight excluding hydrogens is 263 g/mol. The minimum atomic E-state index is -0.485. The second kappa shape index (κ2) is 5.56. The normalized spacial score (nSPS) is 10.3. The first-order valence-electron chi connectivity index (χ1n) is 5.93. The highest BCUT2D eigenvalue weighted by Gasteiger charge is 2.14. The summed E-state index contributed by atoms with van der Waals surface area (Å²) in [6.07, 6.45) is 0. The summed E-state index contributed by atoms with van der Waals surface area (Å²) in [6, 6.07) is 8.35. The molecule has 2 rings (SSSR count). The standard InChI is InChI=1S/C14H13FN2O3/c1-9-2-4-12(13(6-9)17(19)20)16-8-10-7-11(15)3-5-14(10)18/h2-7,16,18H,8H2,1H3. The first-order chi connectivity index (χ1) is 9.47. The van der Waals surface area contributed by atoms with Crippen LogP contribution in [0.25, 0.3) is 0 Å². The highest BCUT2D eigenvalue weighted by atomic mass is 19.1. The number of nitro benzene ring substituents is 1. The molecule has 0 heterocycles. The number of hydrogen-bond acceptors (Lipinski definition) is 4. The number of phenolic OH excluding ortho intramolecular Hbond substituents is 1. The lowest BCUT2D eigenvalue weighted by atomic mass is 10.1. The molecule has 0 saturated heterocycles. The van der Waals surface area contributed by atoms with Gasteiger partial charge in [-0.25, -0.2) is 4.39 Å². The third-order valence-electron chi connectivity index (χ3n) is 2.86. The van der Waals surface area contributed by atoms with Crippen LogP contribution in [0.15, 0.2) is 36.4 Å². The van der Waals surface area contributed by atoms with Gasteiger partial charge >= 0.3 is 0 Å². The van der Waals surface area contributed by atoms with Gasteiger partial charge in [-0.2, -0.15) is 0 Å². The van der Waals surface area contributed by atoms with Gasteiger partial charge < -0.3 is 10.4 Å². The Morgan fingerprint density at radius 1 is 1.30 bits per heavy atom. The number of phenols is 1. The van der Waals surface area contributed by atoms with Gasteiger partial charge in [-0.1, -0.05) is 6.07 Å². The molecule has 6 heteroatoms. The SMILES string of the molecule is Cc1ccc(NCc2cc(F)ccc2O)c([N+](=O)[O-])c1. The number of nitrogens with zero attached hydrogens (tertiary/aromatic N) is 1. The van der Waals surface area contributed by atoms with Gasteiger partial charge in [-0.3, -0.25) is 10.1 Å². The van der Waals surface area contributed by atoms with Crippen LogP contribution in [0.1, 0.15) is 11.1 Å². The summed E-state index contributed by atoms with van der Waals surface area (Å²) < 4.78 is 13.1. The molecule has 2 N–H and O–H groups in total. The van der Waals surface area contributed by atoms with Crippen LogP contribution in [0.2, 0.25) is 0 Å². The number of aromatic hydroxyl groups is 1. The van der Waals surface area contributed by atoms with Gasteiger partial charge in [0.05, 0.1) is 4.92 Å². The fourth-order valence-electron chi connectivity index (χ4n) is 1.83. The number of nitro groups is 1. The molecule has 0 amide bonds. The Bertz CT molecular complexity index is 659. The number of benzene rings is 2. The molecule has 104 valence electrons. The lowest BCUT2D eigenvalue weighted by Crippen LogP contribution is -2.03. The third kappa shape index (κ3) is 3.03. The van der Waals surface area contributed by atoms with Crippen molar-refractivity contribution in [2.75, 3.05) is 5.32 Å². The second-order valence-corrected chi connectivity index (χ2v) is 4.40. The van der Waals surface area contributed by atoms with Crippen molar-refractivity contribution in [1.82, 2.24) is 0 Å². The Morgan fingerprint density at radius 3 is 2.75 bits per heavy atom. The summed E-state index contributed by atoms with van der Waals surface area (Å²) in [7, 11) is 0. The molecule has 5 nitrogen and oxygen atoms in total. The maximum absolute atomic E-state index is 13.1. The van der Waals surface area contributed by atoms with E-state index in [9.17, 15) is 19.6 Å². The van der Waals surface area contributed by atoms with E-state index in [1.54, 1.807) is 19.1 Å². The fourth-order valence-corrected chi connectivity index (χ4v) is 1.83. The molecule has 0 atom stereocenters. The third-order valence-corrected chi connectivity index (χ3v) is 2.86. The Kier molecular flexibility index (Phi) is 3.84. The number of halogens is 1. The highest BCUT2D eigenvalue weighted by molar-refractivity contribution is 5.62. The number of rotatable bonds is 4. The van der Waals surface area contributed by atoms with Crippen molar-refractivity contribution in [1.29, 1.82) is 0 Å². The lowest BCUT2D eigenvalue weighted by molar-refractivity contribution is -0.384. The van der Waals surface area contributed by atoms with Crippen LogP contribution in [-0.4, -0.2) is 10.0 Å².